The Morgan fingerprint density at radius 1 is 1.58 bits per heavy atom. The summed E-state index contributed by atoms with van der Waals surface area (Å²) in [5.74, 6) is -1.28. The molecule has 0 aromatic carbocycles. The van der Waals surface area contributed by atoms with Gasteiger partial charge in [0, 0.05) is 27.7 Å². The summed E-state index contributed by atoms with van der Waals surface area (Å²) in [5, 5.41) is 9.15. The van der Waals surface area contributed by atoms with Gasteiger partial charge in [0.2, 0.25) is 0 Å². The van der Waals surface area contributed by atoms with Gasteiger partial charge >= 0.3 is 5.97 Å². The van der Waals surface area contributed by atoms with Crippen molar-refractivity contribution in [1.82, 2.24) is 9.88 Å². The van der Waals surface area contributed by atoms with Gasteiger partial charge in [-0.1, -0.05) is 0 Å². The van der Waals surface area contributed by atoms with Crippen LogP contribution < -0.4 is 0 Å². The molecule has 0 amide bonds. The molecule has 1 aliphatic heterocycles. The SMILES string of the molecule is CN(Cc1ncc(Br)cc1Br)C1COCC1C(=O)O. The number of carboxylic acids is 1. The molecule has 19 heavy (non-hydrogen) atoms. The molecule has 0 radical (unpaired) electrons. The van der Waals surface area contributed by atoms with Crippen molar-refractivity contribution in [1.29, 1.82) is 0 Å². The first-order chi connectivity index (χ1) is 8.99. The molecule has 0 saturated carbocycles. The van der Waals surface area contributed by atoms with Crippen LogP contribution in [0.5, 0.6) is 0 Å². The van der Waals surface area contributed by atoms with Crippen molar-refractivity contribution in [3.8, 4) is 0 Å². The summed E-state index contributed by atoms with van der Waals surface area (Å²) in [5.41, 5.74) is 0.877. The van der Waals surface area contributed by atoms with Gasteiger partial charge in [0.05, 0.1) is 24.8 Å². The van der Waals surface area contributed by atoms with Crippen LogP contribution in [0.4, 0.5) is 0 Å². The molecule has 1 aliphatic rings. The van der Waals surface area contributed by atoms with Crippen molar-refractivity contribution >= 4 is 37.8 Å². The Bertz CT molecular complexity index is 484. The van der Waals surface area contributed by atoms with E-state index in [9.17, 15) is 4.79 Å². The van der Waals surface area contributed by atoms with Crippen LogP contribution in [0.15, 0.2) is 21.2 Å². The van der Waals surface area contributed by atoms with Crippen LogP contribution in [0.1, 0.15) is 5.69 Å². The van der Waals surface area contributed by atoms with Crippen molar-refractivity contribution in [2.24, 2.45) is 5.92 Å². The smallest absolute Gasteiger partial charge is 0.310 e. The number of aromatic nitrogens is 1. The first kappa shape index (κ1) is 14.9. The zero-order chi connectivity index (χ0) is 14.0. The fourth-order valence-corrected chi connectivity index (χ4v) is 3.24. The van der Waals surface area contributed by atoms with Crippen LogP contribution in [0.2, 0.25) is 0 Å². The van der Waals surface area contributed by atoms with Crippen LogP contribution in [0.3, 0.4) is 0 Å². The normalized spacial score (nSPS) is 22.9. The lowest BCUT2D eigenvalue weighted by Gasteiger charge is -2.26. The predicted octanol–water partition coefficient (Wildman–Crippen LogP) is 2.14. The van der Waals surface area contributed by atoms with Crippen LogP contribution in [0, 0.1) is 5.92 Å². The van der Waals surface area contributed by atoms with E-state index in [1.54, 1.807) is 6.20 Å². The number of likely N-dealkylation sites (N-methyl/N-ethyl adjacent to an activating group) is 1. The lowest BCUT2D eigenvalue weighted by Crippen LogP contribution is -2.40. The molecule has 1 aromatic rings. The summed E-state index contributed by atoms with van der Waals surface area (Å²) >= 11 is 6.82. The highest BCUT2D eigenvalue weighted by Gasteiger charge is 2.36. The van der Waals surface area contributed by atoms with Gasteiger partial charge in [0.15, 0.2) is 0 Å². The number of aliphatic carboxylic acids is 1. The first-order valence-electron chi connectivity index (χ1n) is 5.79. The molecule has 1 N–H and O–H groups in total. The van der Waals surface area contributed by atoms with E-state index in [4.69, 9.17) is 9.84 Å². The second-order valence-electron chi connectivity index (χ2n) is 4.55. The minimum Gasteiger partial charge on any atom is -0.481 e. The molecule has 2 heterocycles. The molecule has 2 unspecified atom stereocenters. The number of rotatable bonds is 4. The molecule has 2 atom stereocenters. The van der Waals surface area contributed by atoms with Crippen molar-refractivity contribution in [2.75, 3.05) is 20.3 Å². The molecule has 104 valence electrons. The minimum atomic E-state index is -0.808. The van der Waals surface area contributed by atoms with Crippen molar-refractivity contribution in [3.05, 3.63) is 26.9 Å². The summed E-state index contributed by atoms with van der Waals surface area (Å²) in [6.45, 7) is 1.30. The topological polar surface area (TPSA) is 62.7 Å². The summed E-state index contributed by atoms with van der Waals surface area (Å²) in [4.78, 5) is 17.5. The van der Waals surface area contributed by atoms with Gasteiger partial charge in [-0.15, -0.1) is 0 Å². The molecule has 7 heteroatoms. The lowest BCUT2D eigenvalue weighted by atomic mass is 10.0. The second kappa shape index (κ2) is 6.30. The fraction of sp³-hybridized carbons (Fsp3) is 0.500. The number of ether oxygens (including phenoxy) is 1. The van der Waals surface area contributed by atoms with Gasteiger partial charge in [-0.2, -0.15) is 0 Å². The number of pyridine rings is 1. The van der Waals surface area contributed by atoms with Crippen LogP contribution in [-0.4, -0.2) is 47.3 Å². The molecule has 5 nitrogen and oxygen atoms in total. The Balaban J connectivity index is 2.08. The predicted molar refractivity (Wildman–Crippen MR) is 76.8 cm³/mol. The third kappa shape index (κ3) is 3.53. The maximum absolute atomic E-state index is 11.1. The van der Waals surface area contributed by atoms with Crippen molar-refractivity contribution < 1.29 is 14.6 Å². The highest BCUT2D eigenvalue weighted by atomic mass is 79.9. The van der Waals surface area contributed by atoms with Crippen LogP contribution >= 0.6 is 31.9 Å². The Morgan fingerprint density at radius 3 is 2.95 bits per heavy atom. The van der Waals surface area contributed by atoms with Gasteiger partial charge in [-0.05, 0) is 45.0 Å². The Labute approximate surface area is 128 Å². The maximum atomic E-state index is 11.1. The largest absolute Gasteiger partial charge is 0.481 e. The molecule has 0 spiro atoms. The molecule has 1 fully saturated rings. The van der Waals surface area contributed by atoms with E-state index in [1.165, 1.54) is 0 Å². The van der Waals surface area contributed by atoms with Gasteiger partial charge in [0.25, 0.3) is 0 Å². The summed E-state index contributed by atoms with van der Waals surface area (Å²) in [6, 6.07) is 1.81. The Morgan fingerprint density at radius 2 is 2.32 bits per heavy atom. The average molecular weight is 394 g/mol. The zero-order valence-electron chi connectivity index (χ0n) is 10.3. The van der Waals surface area contributed by atoms with E-state index in [2.05, 4.69) is 36.8 Å². The second-order valence-corrected chi connectivity index (χ2v) is 6.32. The van der Waals surface area contributed by atoms with E-state index in [1.807, 2.05) is 18.0 Å². The van der Waals surface area contributed by atoms with E-state index >= 15 is 0 Å². The standard InChI is InChI=1S/C12H14Br2N2O3/c1-16(11-6-19-5-8(11)12(17)18)4-10-9(14)2-7(13)3-15-10/h2-3,8,11H,4-6H2,1H3,(H,17,18). The van der Waals surface area contributed by atoms with Crippen molar-refractivity contribution in [2.45, 2.75) is 12.6 Å². The highest BCUT2D eigenvalue weighted by molar-refractivity contribution is 9.11. The van der Waals surface area contributed by atoms with Gasteiger partial charge < -0.3 is 9.84 Å². The van der Waals surface area contributed by atoms with E-state index < -0.39 is 11.9 Å². The molecule has 0 aliphatic carbocycles. The van der Waals surface area contributed by atoms with Crippen LogP contribution in [-0.2, 0) is 16.1 Å². The van der Waals surface area contributed by atoms with Crippen molar-refractivity contribution in [3.63, 3.8) is 0 Å². The Kier molecular flexibility index (Phi) is 4.94. The summed E-state index contributed by atoms with van der Waals surface area (Å²) < 4.78 is 7.08. The van der Waals surface area contributed by atoms with Gasteiger partial charge in [-0.3, -0.25) is 14.7 Å². The molecule has 1 saturated heterocycles. The van der Waals surface area contributed by atoms with Crippen LogP contribution in [0.25, 0.3) is 0 Å². The number of carbonyl (C=O) groups is 1. The van der Waals surface area contributed by atoms with E-state index in [-0.39, 0.29) is 12.6 Å². The summed E-state index contributed by atoms with van der Waals surface area (Å²) in [6.07, 6.45) is 1.73. The van der Waals surface area contributed by atoms with Gasteiger partial charge in [0.1, 0.15) is 0 Å². The van der Waals surface area contributed by atoms with E-state index in [0.29, 0.717) is 13.2 Å². The average Bonchev–Trinajstić information content (AvgIpc) is 2.82. The monoisotopic (exact) mass is 392 g/mol. The number of hydrogen-bond donors (Lipinski definition) is 1. The number of carboxylic acid groups (broad SMARTS) is 1. The molecule has 1 aromatic heterocycles. The number of nitrogens with zero attached hydrogens (tertiary/aromatic N) is 2. The lowest BCUT2D eigenvalue weighted by molar-refractivity contribution is -0.143. The molecule has 0 bridgehead atoms. The van der Waals surface area contributed by atoms with E-state index in [0.717, 1.165) is 14.6 Å². The summed E-state index contributed by atoms with van der Waals surface area (Å²) in [7, 11) is 1.89. The highest BCUT2D eigenvalue weighted by Crippen LogP contribution is 2.24. The molecular weight excluding hydrogens is 380 g/mol. The zero-order valence-corrected chi connectivity index (χ0v) is 13.5. The molecule has 2 rings (SSSR count). The third-order valence-electron chi connectivity index (χ3n) is 3.22. The first-order valence-corrected chi connectivity index (χ1v) is 7.38. The number of halogens is 2. The fourth-order valence-electron chi connectivity index (χ4n) is 2.13. The molecular formula is C12H14Br2N2O3. The third-order valence-corrected chi connectivity index (χ3v) is 4.34. The quantitative estimate of drug-likeness (QED) is 0.848. The maximum Gasteiger partial charge on any atom is 0.310 e. The van der Waals surface area contributed by atoms with Gasteiger partial charge in [-0.25, -0.2) is 0 Å². The minimum absolute atomic E-state index is 0.116. The Hall–Kier alpha value is -0.500. The number of hydrogen-bond acceptors (Lipinski definition) is 4.